The van der Waals surface area contributed by atoms with Gasteiger partial charge in [-0.1, -0.05) is 0 Å². The summed E-state index contributed by atoms with van der Waals surface area (Å²) >= 11 is 2.73. The van der Waals surface area contributed by atoms with E-state index < -0.39 is 22.9 Å². The molecule has 26 heteroatoms. The summed E-state index contributed by atoms with van der Waals surface area (Å²) in [5, 5.41) is 30.4. The van der Waals surface area contributed by atoms with Gasteiger partial charge < -0.3 is 40.0 Å². The molecule has 0 aliphatic carbocycles. The van der Waals surface area contributed by atoms with Crippen LogP contribution in [0.1, 0.15) is 160 Å². The fourth-order valence-electron chi connectivity index (χ4n) is 11.6. The first-order valence-corrected chi connectivity index (χ1v) is 31.9. The van der Waals surface area contributed by atoms with Crippen LogP contribution in [0.5, 0.6) is 0 Å². The number of likely N-dealkylation sites (tertiary alicyclic amines) is 2. The van der Waals surface area contributed by atoms with Gasteiger partial charge in [0.2, 0.25) is 0 Å². The van der Waals surface area contributed by atoms with Gasteiger partial charge in [0, 0.05) is 117 Å². The summed E-state index contributed by atoms with van der Waals surface area (Å²) in [6, 6.07) is 8.18. The smallest absolute Gasteiger partial charge is 0.421 e. The Morgan fingerprint density at radius 1 is 0.575 bits per heavy atom. The lowest BCUT2D eigenvalue weighted by atomic mass is 9.94. The molecular formula is C61H82N18O6S2. The number of ether oxygens (including phenoxy) is 3. The second kappa shape index (κ2) is 25.3. The molecule has 8 aromatic rings. The topological polar surface area (TPSA) is 247 Å². The van der Waals surface area contributed by atoms with Crippen molar-refractivity contribution in [1.29, 1.82) is 0 Å². The number of amides is 3. The van der Waals surface area contributed by atoms with Crippen molar-refractivity contribution in [2.75, 3.05) is 62.6 Å². The van der Waals surface area contributed by atoms with Gasteiger partial charge in [0.1, 0.15) is 38.4 Å². The molecule has 0 bridgehead atoms. The highest BCUT2D eigenvalue weighted by atomic mass is 32.1. The highest BCUT2D eigenvalue weighted by Gasteiger charge is 2.36. The van der Waals surface area contributed by atoms with Crippen LogP contribution in [-0.2, 0) is 28.3 Å². The van der Waals surface area contributed by atoms with Crippen molar-refractivity contribution in [3.63, 3.8) is 0 Å². The number of nitrogens with zero attached hydrogens (tertiary/aromatic N) is 15. The molecule has 464 valence electrons. The summed E-state index contributed by atoms with van der Waals surface area (Å²) < 4.78 is 34.1. The number of hydrogen-bond donors (Lipinski definition) is 3. The van der Waals surface area contributed by atoms with Gasteiger partial charge in [-0.25, -0.2) is 29.3 Å². The van der Waals surface area contributed by atoms with Crippen molar-refractivity contribution in [3.05, 3.63) is 84.2 Å². The third-order valence-corrected chi connectivity index (χ3v) is 17.4. The van der Waals surface area contributed by atoms with Gasteiger partial charge in [-0.2, -0.15) is 38.2 Å². The standard InChI is InChI=1S/C38H53N9O6S.C23H29N9S/c1-36(2,3)51-33(48)44-16-13-24(14-17-44)29-19-31(54-42-29)46(35(50)53-38(7,8)9)30-18-28(25-12-11-15-45(23-25)34(49)52-37(4,5)6)41-32-27(21-40-47(30)32)26-20-39-43(10)22-26;1-31-14-17(12-26-31)18-13-27-32-21(9-19(28-23(18)32)16-3-2-6-25-11-16)29-22-10-20(30-33-22)15-4-7-24-8-5-15/h18-22,24-25H,11-17,23H2,1-10H3;9-10,12-16,24-25,29H,2-8,11H2,1H3. The zero-order valence-electron chi connectivity index (χ0n) is 51.9. The predicted octanol–water partition coefficient (Wildman–Crippen LogP) is 11.2. The van der Waals surface area contributed by atoms with E-state index in [-0.39, 0.29) is 24.0 Å². The Bertz CT molecular complexity index is 3710. The molecule has 4 saturated heterocycles. The minimum absolute atomic E-state index is 0.0881. The summed E-state index contributed by atoms with van der Waals surface area (Å²) in [5.74, 6) is 2.25. The zero-order chi connectivity index (χ0) is 61.4. The normalized spacial score (nSPS) is 18.4. The first-order chi connectivity index (χ1) is 41.5. The molecule has 0 aromatic carbocycles. The fourth-order valence-corrected chi connectivity index (χ4v) is 13.2. The molecule has 0 spiro atoms. The third-order valence-electron chi connectivity index (χ3n) is 15.8. The highest BCUT2D eigenvalue weighted by molar-refractivity contribution is 7.10. The van der Waals surface area contributed by atoms with Gasteiger partial charge in [0.05, 0.1) is 47.6 Å². The van der Waals surface area contributed by atoms with E-state index >= 15 is 0 Å². The number of carbonyl (C=O) groups excluding carboxylic acids is 3. The first kappa shape index (κ1) is 61.1. The van der Waals surface area contributed by atoms with Crippen molar-refractivity contribution >= 4 is 74.3 Å². The number of hydrogen-bond acceptors (Lipinski definition) is 19. The number of aromatic nitrogens is 12. The quantitative estimate of drug-likeness (QED) is 0.108. The van der Waals surface area contributed by atoms with Crippen LogP contribution in [0.25, 0.3) is 33.5 Å². The average Bonchev–Trinajstić information content (AvgIpc) is 2.59. The number of piperidine rings is 4. The molecule has 3 amide bonds. The van der Waals surface area contributed by atoms with Gasteiger partial charge in [0.25, 0.3) is 0 Å². The first-order valence-electron chi connectivity index (χ1n) is 30.3. The van der Waals surface area contributed by atoms with E-state index in [2.05, 4.69) is 38.3 Å². The zero-order valence-corrected chi connectivity index (χ0v) is 53.5. The second-order valence-electron chi connectivity index (χ2n) is 26.2. The Morgan fingerprint density at radius 3 is 1.76 bits per heavy atom. The Balaban J connectivity index is 0.000000201. The Kier molecular flexibility index (Phi) is 17.8. The van der Waals surface area contributed by atoms with Gasteiger partial charge in [-0.15, -0.1) is 0 Å². The molecule has 2 atom stereocenters. The van der Waals surface area contributed by atoms with Crippen LogP contribution in [0.2, 0.25) is 0 Å². The van der Waals surface area contributed by atoms with Crippen molar-refractivity contribution < 1.29 is 28.6 Å². The van der Waals surface area contributed by atoms with Crippen LogP contribution in [-0.4, -0.2) is 155 Å². The number of fused-ring (bicyclic) bond motifs is 2. The van der Waals surface area contributed by atoms with E-state index in [4.69, 9.17) is 43.1 Å². The molecule has 87 heavy (non-hydrogen) atoms. The van der Waals surface area contributed by atoms with Crippen LogP contribution in [0.15, 0.2) is 61.4 Å². The maximum atomic E-state index is 14.3. The van der Waals surface area contributed by atoms with E-state index in [1.54, 1.807) is 31.4 Å². The molecule has 0 radical (unpaired) electrons. The van der Waals surface area contributed by atoms with Crippen molar-refractivity contribution in [2.45, 2.75) is 154 Å². The molecule has 12 rings (SSSR count). The van der Waals surface area contributed by atoms with Crippen molar-refractivity contribution in [2.24, 2.45) is 14.1 Å². The molecule has 4 aliphatic heterocycles. The van der Waals surface area contributed by atoms with E-state index in [0.29, 0.717) is 73.0 Å². The summed E-state index contributed by atoms with van der Waals surface area (Å²) in [7, 11) is 3.78. The molecule has 0 saturated carbocycles. The maximum absolute atomic E-state index is 14.3. The third kappa shape index (κ3) is 14.6. The minimum Gasteiger partial charge on any atom is -0.444 e. The van der Waals surface area contributed by atoms with Crippen molar-refractivity contribution in [1.82, 2.24) is 77.9 Å². The van der Waals surface area contributed by atoms with Gasteiger partial charge in [-0.3, -0.25) is 9.36 Å². The largest absolute Gasteiger partial charge is 0.444 e. The van der Waals surface area contributed by atoms with E-state index in [0.717, 1.165) is 108 Å². The lowest BCUT2D eigenvalue weighted by molar-refractivity contribution is 0.0190. The van der Waals surface area contributed by atoms with E-state index in [1.165, 1.54) is 40.1 Å². The molecule has 2 unspecified atom stereocenters. The predicted molar refractivity (Wildman–Crippen MR) is 336 cm³/mol. The van der Waals surface area contributed by atoms with Crippen LogP contribution in [0, 0.1) is 0 Å². The number of aryl methyl sites for hydroxylation is 2. The Hall–Kier alpha value is -7.55. The summed E-state index contributed by atoms with van der Waals surface area (Å²) in [6.07, 6.45) is 17.5. The number of carbonyl (C=O) groups is 3. The molecule has 4 aliphatic rings. The molecule has 12 heterocycles. The lowest BCUT2D eigenvalue weighted by Gasteiger charge is -2.34. The molecule has 3 N–H and O–H groups in total. The van der Waals surface area contributed by atoms with E-state index in [9.17, 15) is 14.4 Å². The number of anilines is 4. The minimum atomic E-state index is -0.797. The Labute approximate surface area is 515 Å². The second-order valence-corrected chi connectivity index (χ2v) is 27.8. The van der Waals surface area contributed by atoms with Crippen LogP contribution < -0.4 is 20.9 Å². The SMILES string of the molecule is Cn1cc(-c2cnn3c(N(C(=O)OC(C)(C)C)c4cc(C5CCN(C(=O)OC(C)(C)C)CC5)ns4)cc(C4CCCN(C(=O)OC(C)(C)C)C4)nc23)cn1.Cn1cc(-c2cnn3c(Nc4cc(C5CCNCC5)ns4)cc(C4CCCNC4)nc23)cn1. The molecule has 8 aromatic heterocycles. The summed E-state index contributed by atoms with van der Waals surface area (Å²) in [4.78, 5) is 55.5. The van der Waals surface area contributed by atoms with E-state index in [1.807, 2.05) is 123 Å². The number of nitrogens with one attached hydrogen (secondary N) is 3. The van der Waals surface area contributed by atoms with Crippen LogP contribution in [0.4, 0.5) is 36.0 Å². The summed E-state index contributed by atoms with van der Waals surface area (Å²) in [6.45, 7) is 22.9. The Morgan fingerprint density at radius 2 is 1.15 bits per heavy atom. The van der Waals surface area contributed by atoms with Crippen molar-refractivity contribution in [3.8, 4) is 22.3 Å². The maximum Gasteiger partial charge on any atom is 0.421 e. The monoisotopic (exact) mass is 1230 g/mol. The van der Waals surface area contributed by atoms with Gasteiger partial charge >= 0.3 is 18.3 Å². The molecule has 24 nitrogen and oxygen atoms in total. The van der Waals surface area contributed by atoms with Gasteiger partial charge in [-0.05, 0) is 169 Å². The molecular weight excluding hydrogens is 1140 g/mol. The van der Waals surface area contributed by atoms with Gasteiger partial charge in [0.15, 0.2) is 11.3 Å². The van der Waals surface area contributed by atoms with Crippen LogP contribution in [0.3, 0.4) is 0 Å². The fraction of sp³-hybridized carbons (Fsp3) is 0.557. The lowest BCUT2D eigenvalue weighted by Crippen LogP contribution is -2.42. The summed E-state index contributed by atoms with van der Waals surface area (Å²) in [5.41, 5.74) is 6.85. The average molecular weight is 1230 g/mol. The highest BCUT2D eigenvalue weighted by Crippen LogP contribution is 2.41. The number of rotatable bonds is 10. The molecule has 4 fully saturated rings. The van der Waals surface area contributed by atoms with Crippen LogP contribution >= 0.6 is 23.1 Å².